The molecule has 1 aromatic carbocycles. The van der Waals surface area contributed by atoms with Crippen molar-refractivity contribution in [3.63, 3.8) is 0 Å². The number of hydrogen-bond acceptors (Lipinski definition) is 3. The van der Waals surface area contributed by atoms with Gasteiger partial charge in [-0.25, -0.2) is 4.79 Å². The number of urea groups is 1. The number of likely N-dealkylation sites (tertiary alicyclic amines) is 1. The van der Waals surface area contributed by atoms with Gasteiger partial charge < -0.3 is 15.5 Å². The van der Waals surface area contributed by atoms with Gasteiger partial charge in [0.05, 0.1) is 0 Å². The van der Waals surface area contributed by atoms with E-state index in [-0.39, 0.29) is 6.03 Å². The average Bonchev–Trinajstić information content (AvgIpc) is 2.98. The minimum Gasteiger partial charge on any atom is -0.378 e. The van der Waals surface area contributed by atoms with Crippen LogP contribution in [0, 0.1) is 0 Å². The Balaban J connectivity index is 1.74. The third kappa shape index (κ3) is 4.63. The van der Waals surface area contributed by atoms with E-state index in [2.05, 4.69) is 39.5 Å². The van der Waals surface area contributed by atoms with Gasteiger partial charge in [0.25, 0.3) is 0 Å². The molecule has 0 saturated carbocycles. The molecule has 1 fully saturated rings. The van der Waals surface area contributed by atoms with E-state index < -0.39 is 0 Å². The summed E-state index contributed by atoms with van der Waals surface area (Å²) in [7, 11) is 4.03. The maximum atomic E-state index is 11.9. The Morgan fingerprint density at radius 3 is 2.91 bits per heavy atom. The first-order chi connectivity index (χ1) is 10.6. The predicted octanol–water partition coefficient (Wildman–Crippen LogP) is 2.04. The molecule has 0 unspecified atom stereocenters. The molecule has 5 heteroatoms. The number of nitrogens with one attached hydrogen (secondary N) is 2. The second kappa shape index (κ2) is 8.03. The molecule has 2 rings (SSSR count). The smallest absolute Gasteiger partial charge is 0.315 e. The second-order valence-corrected chi connectivity index (χ2v) is 6.05. The Morgan fingerprint density at radius 2 is 2.18 bits per heavy atom. The van der Waals surface area contributed by atoms with Gasteiger partial charge in [0.15, 0.2) is 0 Å². The topological polar surface area (TPSA) is 47.6 Å². The molecule has 22 heavy (non-hydrogen) atoms. The zero-order valence-corrected chi connectivity index (χ0v) is 13.9. The van der Waals surface area contributed by atoms with Crippen molar-refractivity contribution in [2.24, 2.45) is 0 Å². The van der Waals surface area contributed by atoms with Gasteiger partial charge in [-0.15, -0.1) is 0 Å². The summed E-state index contributed by atoms with van der Waals surface area (Å²) in [4.78, 5) is 16.4. The Hall–Kier alpha value is -1.75. The second-order valence-electron chi connectivity index (χ2n) is 6.05. The molecular formula is C17H28N4O. The summed E-state index contributed by atoms with van der Waals surface area (Å²) in [5.41, 5.74) is 2.25. The van der Waals surface area contributed by atoms with Gasteiger partial charge in [0.1, 0.15) is 0 Å². The van der Waals surface area contributed by atoms with Crippen molar-refractivity contribution in [2.75, 3.05) is 38.6 Å². The van der Waals surface area contributed by atoms with Crippen molar-refractivity contribution >= 4 is 11.7 Å². The average molecular weight is 304 g/mol. The molecule has 0 aliphatic carbocycles. The molecule has 2 amide bonds. The van der Waals surface area contributed by atoms with Crippen LogP contribution in [0.2, 0.25) is 0 Å². The predicted molar refractivity (Wildman–Crippen MR) is 91.3 cm³/mol. The number of nitrogens with zero attached hydrogens (tertiary/aromatic N) is 2. The lowest BCUT2D eigenvalue weighted by Gasteiger charge is -2.23. The Bertz CT molecular complexity index is 489. The molecular weight excluding hydrogens is 276 g/mol. The Kier molecular flexibility index (Phi) is 6.07. The molecule has 0 bridgehead atoms. The zero-order valence-electron chi connectivity index (χ0n) is 13.9. The van der Waals surface area contributed by atoms with Crippen molar-refractivity contribution < 1.29 is 4.79 Å². The van der Waals surface area contributed by atoms with Gasteiger partial charge in [-0.3, -0.25) is 4.90 Å². The van der Waals surface area contributed by atoms with Crippen molar-refractivity contribution in [3.05, 3.63) is 29.8 Å². The lowest BCUT2D eigenvalue weighted by atomic mass is 10.2. The van der Waals surface area contributed by atoms with Crippen LogP contribution in [0.25, 0.3) is 0 Å². The van der Waals surface area contributed by atoms with Gasteiger partial charge in [0, 0.05) is 38.9 Å². The largest absolute Gasteiger partial charge is 0.378 e. The van der Waals surface area contributed by atoms with Gasteiger partial charge in [0.2, 0.25) is 0 Å². The number of hydrogen-bond donors (Lipinski definition) is 2. The summed E-state index contributed by atoms with van der Waals surface area (Å²) in [6, 6.07) is 8.61. The third-order valence-corrected chi connectivity index (χ3v) is 4.28. The molecule has 1 aliphatic heterocycles. The van der Waals surface area contributed by atoms with Crippen LogP contribution >= 0.6 is 0 Å². The van der Waals surface area contributed by atoms with Crippen LogP contribution in [0.1, 0.15) is 25.3 Å². The van der Waals surface area contributed by atoms with Crippen LogP contribution in [0.3, 0.4) is 0 Å². The van der Waals surface area contributed by atoms with Crippen molar-refractivity contribution in [1.82, 2.24) is 15.5 Å². The first kappa shape index (κ1) is 16.6. The van der Waals surface area contributed by atoms with Crippen molar-refractivity contribution in [2.45, 2.75) is 32.4 Å². The normalized spacial score (nSPS) is 18.2. The molecule has 1 aromatic rings. The number of amides is 2. The van der Waals surface area contributed by atoms with Crippen LogP contribution in [0.5, 0.6) is 0 Å². The summed E-state index contributed by atoms with van der Waals surface area (Å²) in [5.74, 6) is 0. The van der Waals surface area contributed by atoms with Crippen LogP contribution in [-0.2, 0) is 6.54 Å². The van der Waals surface area contributed by atoms with E-state index in [9.17, 15) is 4.79 Å². The van der Waals surface area contributed by atoms with E-state index in [4.69, 9.17) is 0 Å². The molecule has 0 spiro atoms. The highest BCUT2D eigenvalue weighted by atomic mass is 16.2. The first-order valence-corrected chi connectivity index (χ1v) is 8.12. The molecule has 0 aromatic heterocycles. The molecule has 1 atom stereocenters. The molecule has 1 heterocycles. The highest BCUT2D eigenvalue weighted by molar-refractivity contribution is 5.73. The summed E-state index contributed by atoms with van der Waals surface area (Å²) in [6.45, 7) is 5.68. The van der Waals surface area contributed by atoms with Crippen molar-refractivity contribution in [3.8, 4) is 0 Å². The van der Waals surface area contributed by atoms with E-state index in [1.807, 2.05) is 26.2 Å². The highest BCUT2D eigenvalue weighted by Crippen LogP contribution is 2.15. The maximum Gasteiger partial charge on any atom is 0.315 e. The van der Waals surface area contributed by atoms with Gasteiger partial charge in [-0.2, -0.15) is 0 Å². The molecule has 122 valence electrons. The Labute approximate surface area is 133 Å². The van der Waals surface area contributed by atoms with E-state index in [0.717, 1.165) is 30.9 Å². The van der Waals surface area contributed by atoms with E-state index in [1.165, 1.54) is 12.8 Å². The molecule has 5 nitrogen and oxygen atoms in total. The molecule has 0 radical (unpaired) electrons. The number of anilines is 1. The number of rotatable bonds is 6. The fourth-order valence-electron chi connectivity index (χ4n) is 2.94. The van der Waals surface area contributed by atoms with Crippen LogP contribution in [0.4, 0.5) is 10.5 Å². The lowest BCUT2D eigenvalue weighted by molar-refractivity contribution is 0.228. The lowest BCUT2D eigenvalue weighted by Crippen LogP contribution is -2.43. The van der Waals surface area contributed by atoms with Crippen molar-refractivity contribution in [1.29, 1.82) is 0 Å². The molecule has 2 N–H and O–H groups in total. The minimum atomic E-state index is -0.0850. The van der Waals surface area contributed by atoms with E-state index in [0.29, 0.717) is 12.6 Å². The fraction of sp³-hybridized carbons (Fsp3) is 0.588. The van der Waals surface area contributed by atoms with Gasteiger partial charge in [-0.05, 0) is 43.6 Å². The Morgan fingerprint density at radius 1 is 1.36 bits per heavy atom. The summed E-state index contributed by atoms with van der Waals surface area (Å²) in [6.07, 6.45) is 2.41. The summed E-state index contributed by atoms with van der Waals surface area (Å²) in [5, 5.41) is 5.93. The summed E-state index contributed by atoms with van der Waals surface area (Å²) >= 11 is 0. The monoisotopic (exact) mass is 304 g/mol. The zero-order chi connectivity index (χ0) is 15.9. The van der Waals surface area contributed by atoms with Crippen LogP contribution in [0.15, 0.2) is 24.3 Å². The maximum absolute atomic E-state index is 11.9. The molecule has 1 saturated heterocycles. The standard InChI is InChI=1S/C17H28N4O/c1-4-21-10-6-9-16(21)13-19-17(22)18-12-14-7-5-8-15(11-14)20(2)3/h5,7-8,11,16H,4,6,9-10,12-13H2,1-3H3,(H2,18,19,22)/t16-/m1/s1. The fourth-order valence-corrected chi connectivity index (χ4v) is 2.94. The quantitative estimate of drug-likeness (QED) is 0.845. The number of benzene rings is 1. The molecule has 1 aliphatic rings. The first-order valence-electron chi connectivity index (χ1n) is 8.12. The number of likely N-dealkylation sites (N-methyl/N-ethyl adjacent to an activating group) is 1. The van der Waals surface area contributed by atoms with Crippen LogP contribution < -0.4 is 15.5 Å². The van der Waals surface area contributed by atoms with Crippen LogP contribution in [-0.4, -0.2) is 50.7 Å². The SMILES string of the molecule is CCN1CCC[C@@H]1CNC(=O)NCc1cccc(N(C)C)c1. The van der Waals surface area contributed by atoms with Gasteiger partial charge >= 0.3 is 6.03 Å². The van der Waals surface area contributed by atoms with E-state index >= 15 is 0 Å². The number of carbonyl (C=O) groups excluding carboxylic acids is 1. The third-order valence-electron chi connectivity index (χ3n) is 4.28. The number of carbonyl (C=O) groups is 1. The highest BCUT2D eigenvalue weighted by Gasteiger charge is 2.22. The van der Waals surface area contributed by atoms with E-state index in [1.54, 1.807) is 0 Å². The minimum absolute atomic E-state index is 0.0850. The summed E-state index contributed by atoms with van der Waals surface area (Å²) < 4.78 is 0. The van der Waals surface area contributed by atoms with Gasteiger partial charge in [-0.1, -0.05) is 19.1 Å².